The van der Waals surface area contributed by atoms with Crippen molar-refractivity contribution in [1.29, 1.82) is 0 Å². The molecule has 4 nitrogen and oxygen atoms in total. The zero-order valence-electron chi connectivity index (χ0n) is 9.93. The molecule has 0 radical (unpaired) electrons. The summed E-state index contributed by atoms with van der Waals surface area (Å²) in [4.78, 5) is 11.2. The number of carboxylic acids is 1. The molecule has 0 heterocycles. The minimum Gasteiger partial charge on any atom is -0.508 e. The van der Waals surface area contributed by atoms with Crippen molar-refractivity contribution in [2.24, 2.45) is 0 Å². The van der Waals surface area contributed by atoms with E-state index in [1.807, 2.05) is 13.0 Å². The molecule has 0 saturated heterocycles. The predicted octanol–water partition coefficient (Wildman–Crippen LogP) is 1.83. The first-order chi connectivity index (χ1) is 8.01. The number of aliphatic carboxylic acids is 1. The highest BCUT2D eigenvalue weighted by atomic mass is 16.5. The molecule has 0 bridgehead atoms. The number of hydrogen-bond donors (Lipinski definition) is 2. The van der Waals surface area contributed by atoms with Gasteiger partial charge in [0.2, 0.25) is 0 Å². The van der Waals surface area contributed by atoms with Crippen LogP contribution in [0.15, 0.2) is 18.2 Å². The molecule has 1 unspecified atom stereocenters. The maximum absolute atomic E-state index is 11.2. The minimum atomic E-state index is -0.954. The zero-order valence-corrected chi connectivity index (χ0v) is 9.93. The summed E-state index contributed by atoms with van der Waals surface area (Å²) in [6, 6.07) is 5.33. The Balaban J connectivity index is 2.38. The van der Waals surface area contributed by atoms with Gasteiger partial charge in [0.05, 0.1) is 0 Å². The van der Waals surface area contributed by atoms with Crippen LogP contribution in [0.4, 0.5) is 0 Å². The van der Waals surface area contributed by atoms with Crippen LogP contribution in [0.2, 0.25) is 0 Å². The maximum Gasteiger partial charge on any atom is 0.333 e. The maximum atomic E-state index is 11.2. The Morgan fingerprint density at radius 2 is 2.12 bits per heavy atom. The number of carboxylic acid groups (broad SMARTS) is 1. The van der Waals surface area contributed by atoms with E-state index >= 15 is 0 Å². The lowest BCUT2D eigenvalue weighted by atomic mass is 9.89. The van der Waals surface area contributed by atoms with Gasteiger partial charge in [-0.05, 0) is 37.0 Å². The molecule has 1 saturated carbocycles. The van der Waals surface area contributed by atoms with E-state index in [0.717, 1.165) is 24.0 Å². The summed E-state index contributed by atoms with van der Waals surface area (Å²) in [6.07, 6.45) is 0.713. The number of hydrogen-bond acceptors (Lipinski definition) is 3. The van der Waals surface area contributed by atoms with Gasteiger partial charge in [0.1, 0.15) is 5.75 Å². The number of rotatable bonds is 4. The van der Waals surface area contributed by atoms with Crippen LogP contribution in [0.25, 0.3) is 0 Å². The Hall–Kier alpha value is -1.55. The highest BCUT2D eigenvalue weighted by Crippen LogP contribution is 2.52. The van der Waals surface area contributed by atoms with Crippen molar-refractivity contribution in [3.8, 4) is 5.75 Å². The fourth-order valence-electron chi connectivity index (χ4n) is 2.32. The van der Waals surface area contributed by atoms with Crippen molar-refractivity contribution in [3.63, 3.8) is 0 Å². The van der Waals surface area contributed by atoms with Crippen LogP contribution in [0.5, 0.6) is 5.75 Å². The summed E-state index contributed by atoms with van der Waals surface area (Å²) in [7, 11) is 1.41. The van der Waals surface area contributed by atoms with Gasteiger partial charge in [-0.1, -0.05) is 12.1 Å². The molecular weight excluding hydrogens is 220 g/mol. The number of phenolic OH excluding ortho intramolecular Hbond substituents is 1. The van der Waals surface area contributed by atoms with Gasteiger partial charge >= 0.3 is 5.97 Å². The number of benzene rings is 1. The van der Waals surface area contributed by atoms with E-state index in [2.05, 4.69) is 0 Å². The topological polar surface area (TPSA) is 66.8 Å². The Morgan fingerprint density at radius 3 is 2.53 bits per heavy atom. The first-order valence-electron chi connectivity index (χ1n) is 5.57. The molecular formula is C13H16O4. The van der Waals surface area contributed by atoms with E-state index in [-0.39, 0.29) is 5.75 Å². The van der Waals surface area contributed by atoms with Crippen molar-refractivity contribution < 1.29 is 19.7 Å². The number of aromatic hydroxyl groups is 1. The molecule has 0 amide bonds. The fourth-order valence-corrected chi connectivity index (χ4v) is 2.32. The number of carbonyl (C=O) groups is 1. The third kappa shape index (κ3) is 1.89. The largest absolute Gasteiger partial charge is 0.508 e. The average Bonchev–Trinajstić information content (AvgIpc) is 3.04. The Morgan fingerprint density at radius 1 is 1.47 bits per heavy atom. The molecule has 0 aromatic heterocycles. The molecule has 1 fully saturated rings. The van der Waals surface area contributed by atoms with Crippen molar-refractivity contribution in [3.05, 3.63) is 29.3 Å². The van der Waals surface area contributed by atoms with Gasteiger partial charge in [0.15, 0.2) is 6.10 Å². The molecule has 2 N–H and O–H groups in total. The second-order valence-corrected chi connectivity index (χ2v) is 4.61. The van der Waals surface area contributed by atoms with Crippen molar-refractivity contribution in [2.75, 3.05) is 7.11 Å². The highest BCUT2D eigenvalue weighted by molar-refractivity contribution is 5.76. The summed E-state index contributed by atoms with van der Waals surface area (Å²) < 4.78 is 5.08. The second kappa shape index (κ2) is 4.04. The van der Waals surface area contributed by atoms with Crippen molar-refractivity contribution in [1.82, 2.24) is 0 Å². The Kier molecular flexibility index (Phi) is 2.83. The molecule has 17 heavy (non-hydrogen) atoms. The first-order valence-corrected chi connectivity index (χ1v) is 5.57. The van der Waals surface area contributed by atoms with Gasteiger partial charge in [-0.15, -0.1) is 0 Å². The lowest BCUT2D eigenvalue weighted by molar-refractivity contribution is -0.150. The number of methoxy groups -OCH3 is 1. The normalized spacial score (nSPS) is 18.7. The third-order valence-electron chi connectivity index (χ3n) is 3.53. The number of phenols is 1. The molecule has 1 aliphatic carbocycles. The highest BCUT2D eigenvalue weighted by Gasteiger charge is 2.54. The molecule has 1 aromatic rings. The van der Waals surface area contributed by atoms with E-state index in [9.17, 15) is 9.90 Å². The summed E-state index contributed by atoms with van der Waals surface area (Å²) in [5.74, 6) is -0.751. The monoisotopic (exact) mass is 236 g/mol. The van der Waals surface area contributed by atoms with E-state index in [1.165, 1.54) is 7.11 Å². The lowest BCUT2D eigenvalue weighted by Crippen LogP contribution is -2.35. The van der Waals surface area contributed by atoms with Crippen LogP contribution >= 0.6 is 0 Å². The Bertz CT molecular complexity index is 449. The van der Waals surface area contributed by atoms with Crippen molar-refractivity contribution >= 4 is 5.97 Å². The van der Waals surface area contributed by atoms with Gasteiger partial charge < -0.3 is 14.9 Å². The molecule has 0 spiro atoms. The molecule has 0 aliphatic heterocycles. The van der Waals surface area contributed by atoms with Gasteiger partial charge in [0.25, 0.3) is 0 Å². The number of aryl methyl sites for hydroxylation is 1. The summed E-state index contributed by atoms with van der Waals surface area (Å²) in [6.45, 7) is 1.81. The first kappa shape index (κ1) is 11.9. The van der Waals surface area contributed by atoms with Gasteiger partial charge in [-0.3, -0.25) is 0 Å². The van der Waals surface area contributed by atoms with E-state index in [0.29, 0.717) is 0 Å². The van der Waals surface area contributed by atoms with E-state index < -0.39 is 17.5 Å². The fraction of sp³-hybridized carbons (Fsp3) is 0.462. The van der Waals surface area contributed by atoms with Crippen LogP contribution < -0.4 is 0 Å². The molecule has 4 heteroatoms. The Labute approximate surface area is 99.8 Å². The van der Waals surface area contributed by atoms with Crippen LogP contribution in [-0.4, -0.2) is 29.4 Å². The standard InChI is InChI=1S/C13H16O4/c1-8-3-4-9(7-10(8)14)13(5-6-13)11(17-2)12(15)16/h3-4,7,11,14H,5-6H2,1-2H3,(H,15,16). The quantitative estimate of drug-likeness (QED) is 0.837. The summed E-state index contributed by atoms with van der Waals surface area (Å²) in [5, 5.41) is 18.8. The van der Waals surface area contributed by atoms with Gasteiger partial charge in [-0.2, -0.15) is 0 Å². The van der Waals surface area contributed by atoms with E-state index in [4.69, 9.17) is 9.84 Å². The van der Waals surface area contributed by atoms with Crippen molar-refractivity contribution in [2.45, 2.75) is 31.3 Å². The molecule has 92 valence electrons. The van der Waals surface area contributed by atoms with Crippen LogP contribution in [0.1, 0.15) is 24.0 Å². The molecule has 1 aliphatic rings. The molecule has 1 aromatic carbocycles. The van der Waals surface area contributed by atoms with Gasteiger partial charge in [-0.25, -0.2) is 4.79 Å². The summed E-state index contributed by atoms with van der Waals surface area (Å²) >= 11 is 0. The van der Waals surface area contributed by atoms with Crippen LogP contribution in [-0.2, 0) is 14.9 Å². The SMILES string of the molecule is COC(C(=O)O)C1(c2ccc(C)c(O)c2)CC1. The lowest BCUT2D eigenvalue weighted by Gasteiger charge is -2.23. The number of ether oxygens (including phenoxy) is 1. The molecule has 1 atom stereocenters. The van der Waals surface area contributed by atoms with Crippen LogP contribution in [0.3, 0.4) is 0 Å². The third-order valence-corrected chi connectivity index (χ3v) is 3.53. The van der Waals surface area contributed by atoms with Crippen LogP contribution in [0, 0.1) is 6.92 Å². The summed E-state index contributed by atoms with van der Waals surface area (Å²) in [5.41, 5.74) is 1.16. The molecule has 2 rings (SSSR count). The average molecular weight is 236 g/mol. The van der Waals surface area contributed by atoms with Gasteiger partial charge in [0, 0.05) is 12.5 Å². The minimum absolute atomic E-state index is 0.203. The second-order valence-electron chi connectivity index (χ2n) is 4.61. The predicted molar refractivity (Wildman–Crippen MR) is 62.2 cm³/mol. The zero-order chi connectivity index (χ0) is 12.6. The van der Waals surface area contributed by atoms with E-state index in [1.54, 1.807) is 12.1 Å². The smallest absolute Gasteiger partial charge is 0.333 e.